The average Bonchev–Trinajstić information content (AvgIpc) is 2.57. The highest BCUT2D eigenvalue weighted by Crippen LogP contribution is 2.26. The van der Waals surface area contributed by atoms with Crippen molar-refractivity contribution < 1.29 is 23.5 Å². The van der Waals surface area contributed by atoms with Crippen molar-refractivity contribution in [3.05, 3.63) is 46.9 Å². The molecule has 2 rings (SSSR count). The van der Waals surface area contributed by atoms with Crippen LogP contribution in [0.15, 0.2) is 30.3 Å². The molecule has 0 aliphatic carbocycles. The molecule has 2 amide bonds. The zero-order valence-corrected chi connectivity index (χ0v) is 16.7. The van der Waals surface area contributed by atoms with E-state index in [0.717, 1.165) is 12.1 Å². The lowest BCUT2D eigenvalue weighted by Gasteiger charge is -2.20. The van der Waals surface area contributed by atoms with Gasteiger partial charge in [-0.05, 0) is 52.0 Å². The van der Waals surface area contributed by atoms with E-state index in [4.69, 9.17) is 21.1 Å². The number of amides is 2. The number of nitrogens with zero attached hydrogens (tertiary/aromatic N) is 1. The molecular formula is C19H21ClFN3O4. The van der Waals surface area contributed by atoms with Crippen molar-refractivity contribution >= 4 is 35.0 Å². The maximum Gasteiger partial charge on any atom is 0.412 e. The summed E-state index contributed by atoms with van der Waals surface area (Å²) in [5, 5.41) is 5.07. The fraction of sp³-hybridized carbons (Fsp3) is 0.316. The highest BCUT2D eigenvalue weighted by Gasteiger charge is 2.20. The number of benzene rings is 1. The summed E-state index contributed by atoms with van der Waals surface area (Å²) >= 11 is 6.04. The molecule has 9 heteroatoms. The summed E-state index contributed by atoms with van der Waals surface area (Å²) in [5.41, 5.74) is -0.637. The summed E-state index contributed by atoms with van der Waals surface area (Å²) in [6.45, 7) is 7.26. The first-order valence-corrected chi connectivity index (χ1v) is 8.87. The van der Waals surface area contributed by atoms with Crippen molar-refractivity contribution in [3.63, 3.8) is 0 Å². The summed E-state index contributed by atoms with van der Waals surface area (Å²) in [4.78, 5) is 28.6. The molecule has 1 aromatic carbocycles. The van der Waals surface area contributed by atoms with Crippen molar-refractivity contribution in [1.29, 1.82) is 0 Å². The fourth-order valence-electron chi connectivity index (χ4n) is 2.14. The number of aromatic nitrogens is 1. The molecule has 0 unspecified atom stereocenters. The van der Waals surface area contributed by atoms with Crippen molar-refractivity contribution in [2.24, 2.45) is 0 Å². The van der Waals surface area contributed by atoms with E-state index in [1.165, 1.54) is 18.2 Å². The van der Waals surface area contributed by atoms with E-state index < -0.39 is 23.4 Å². The van der Waals surface area contributed by atoms with E-state index in [2.05, 4.69) is 15.6 Å². The summed E-state index contributed by atoms with van der Waals surface area (Å²) in [6, 6.07) is 6.51. The number of carbonyl (C=O) groups excluding carboxylic acids is 2. The number of anilines is 2. The Morgan fingerprint density at radius 1 is 1.14 bits per heavy atom. The molecule has 0 radical (unpaired) electrons. The van der Waals surface area contributed by atoms with Gasteiger partial charge in [-0.2, -0.15) is 0 Å². The highest BCUT2D eigenvalue weighted by molar-refractivity contribution is 6.34. The van der Waals surface area contributed by atoms with E-state index in [0.29, 0.717) is 6.61 Å². The molecule has 0 spiro atoms. The fourth-order valence-corrected chi connectivity index (χ4v) is 2.33. The predicted octanol–water partition coefficient (Wildman–Crippen LogP) is 4.87. The molecule has 2 aromatic rings. The molecule has 0 atom stereocenters. The molecule has 0 saturated heterocycles. The third-order valence-corrected chi connectivity index (χ3v) is 3.50. The van der Waals surface area contributed by atoms with Gasteiger partial charge in [0.1, 0.15) is 11.4 Å². The van der Waals surface area contributed by atoms with Crippen LogP contribution in [0.2, 0.25) is 5.02 Å². The zero-order chi connectivity index (χ0) is 20.9. The van der Waals surface area contributed by atoms with E-state index in [1.807, 2.05) is 0 Å². The summed E-state index contributed by atoms with van der Waals surface area (Å²) in [7, 11) is 0. The zero-order valence-electron chi connectivity index (χ0n) is 15.9. The van der Waals surface area contributed by atoms with Gasteiger partial charge in [0.05, 0.1) is 23.0 Å². The number of hydrogen-bond donors (Lipinski definition) is 2. The molecule has 0 fully saturated rings. The van der Waals surface area contributed by atoms with Gasteiger partial charge < -0.3 is 14.8 Å². The van der Waals surface area contributed by atoms with Gasteiger partial charge in [0.15, 0.2) is 5.69 Å². The topological polar surface area (TPSA) is 89.6 Å². The monoisotopic (exact) mass is 409 g/mol. The number of rotatable bonds is 5. The largest absolute Gasteiger partial charge is 0.478 e. The first-order chi connectivity index (χ1) is 13.1. The van der Waals surface area contributed by atoms with Gasteiger partial charge in [-0.3, -0.25) is 10.1 Å². The van der Waals surface area contributed by atoms with E-state index in [9.17, 15) is 14.0 Å². The second-order valence-corrected chi connectivity index (χ2v) is 7.09. The van der Waals surface area contributed by atoms with Crippen LogP contribution in [0.1, 0.15) is 38.2 Å². The van der Waals surface area contributed by atoms with Crippen LogP contribution in [0.25, 0.3) is 0 Å². The van der Waals surface area contributed by atoms with Crippen molar-refractivity contribution in [3.8, 4) is 5.88 Å². The Morgan fingerprint density at radius 2 is 1.86 bits per heavy atom. The third-order valence-electron chi connectivity index (χ3n) is 3.19. The first-order valence-electron chi connectivity index (χ1n) is 8.49. The van der Waals surface area contributed by atoms with Crippen molar-refractivity contribution in [2.75, 3.05) is 17.2 Å². The minimum absolute atomic E-state index is 0.0236. The lowest BCUT2D eigenvalue weighted by atomic mass is 10.2. The van der Waals surface area contributed by atoms with Crippen molar-refractivity contribution in [1.82, 2.24) is 4.98 Å². The third kappa shape index (κ3) is 6.09. The smallest absolute Gasteiger partial charge is 0.412 e. The lowest BCUT2D eigenvalue weighted by molar-refractivity contribution is 0.0635. The number of halogens is 2. The van der Waals surface area contributed by atoms with Gasteiger partial charge in [0.25, 0.3) is 5.91 Å². The van der Waals surface area contributed by atoms with Crippen molar-refractivity contribution in [2.45, 2.75) is 33.3 Å². The molecule has 2 N–H and O–H groups in total. The maximum atomic E-state index is 13.7. The average molecular weight is 410 g/mol. The molecule has 1 aromatic heterocycles. The number of nitrogens with one attached hydrogen (secondary N) is 2. The van der Waals surface area contributed by atoms with Gasteiger partial charge >= 0.3 is 6.09 Å². The van der Waals surface area contributed by atoms with Crippen LogP contribution in [0.5, 0.6) is 5.88 Å². The number of carbonyl (C=O) groups is 2. The van der Waals surface area contributed by atoms with E-state index in [-0.39, 0.29) is 28.0 Å². The van der Waals surface area contributed by atoms with Gasteiger partial charge in [0, 0.05) is 6.07 Å². The molecular weight excluding hydrogens is 389 g/mol. The molecule has 150 valence electrons. The highest BCUT2D eigenvalue weighted by atomic mass is 35.5. The standard InChI is InChI=1S/C19H21ClFN3O4/c1-5-27-15-9-7-12(20)16(24-15)17(25)22-14-10-11(21)6-8-13(14)23-18(26)28-19(2,3)4/h6-10H,5H2,1-4H3,(H,22,25)(H,23,26). The van der Waals surface area contributed by atoms with Gasteiger partial charge in [0.2, 0.25) is 5.88 Å². The Labute approximate surface area is 167 Å². The van der Waals surface area contributed by atoms with Crippen LogP contribution in [-0.2, 0) is 4.74 Å². The molecule has 1 heterocycles. The van der Waals surface area contributed by atoms with Gasteiger partial charge in [-0.25, -0.2) is 14.2 Å². The molecule has 7 nitrogen and oxygen atoms in total. The van der Waals surface area contributed by atoms with Gasteiger partial charge in [-0.1, -0.05) is 11.6 Å². The van der Waals surface area contributed by atoms with Crippen LogP contribution >= 0.6 is 11.6 Å². The second-order valence-electron chi connectivity index (χ2n) is 6.68. The Hall–Kier alpha value is -2.87. The number of hydrogen-bond acceptors (Lipinski definition) is 5. The van der Waals surface area contributed by atoms with Crippen LogP contribution in [0.3, 0.4) is 0 Å². The van der Waals surface area contributed by atoms with Crippen LogP contribution in [0.4, 0.5) is 20.6 Å². The van der Waals surface area contributed by atoms with Crippen LogP contribution in [-0.4, -0.2) is 29.2 Å². The predicted molar refractivity (Wildman–Crippen MR) is 105 cm³/mol. The first kappa shape index (κ1) is 21.4. The summed E-state index contributed by atoms with van der Waals surface area (Å²) in [6.07, 6.45) is -0.746. The van der Waals surface area contributed by atoms with Crippen LogP contribution < -0.4 is 15.4 Å². The van der Waals surface area contributed by atoms with E-state index in [1.54, 1.807) is 27.7 Å². The SMILES string of the molecule is CCOc1ccc(Cl)c(C(=O)Nc2cc(F)ccc2NC(=O)OC(C)(C)C)n1. The summed E-state index contributed by atoms with van der Waals surface area (Å²) in [5.74, 6) is -1.07. The second kappa shape index (κ2) is 8.88. The Morgan fingerprint density at radius 3 is 2.50 bits per heavy atom. The quantitative estimate of drug-likeness (QED) is 0.735. The van der Waals surface area contributed by atoms with Gasteiger partial charge in [-0.15, -0.1) is 0 Å². The Bertz CT molecular complexity index is 884. The molecule has 0 bridgehead atoms. The molecule has 0 aliphatic heterocycles. The molecule has 0 aliphatic rings. The minimum Gasteiger partial charge on any atom is -0.478 e. The number of pyridine rings is 1. The summed E-state index contributed by atoms with van der Waals surface area (Å²) < 4.78 is 24.1. The number of ether oxygens (including phenoxy) is 2. The van der Waals surface area contributed by atoms with Crippen LogP contribution in [0, 0.1) is 5.82 Å². The molecule has 28 heavy (non-hydrogen) atoms. The normalized spacial score (nSPS) is 10.9. The minimum atomic E-state index is -0.746. The lowest BCUT2D eigenvalue weighted by Crippen LogP contribution is -2.27. The van der Waals surface area contributed by atoms with E-state index >= 15 is 0 Å². The Kier molecular flexibility index (Phi) is 6.80. The molecule has 0 saturated carbocycles. The maximum absolute atomic E-state index is 13.7. The Balaban J connectivity index is 2.26.